The molecule has 0 bridgehead atoms. The standard InChI is InChI=1S/C25H19N3OS/c29-25(27-12-5-13-27)22-15-26-16-28(22)18-7-3-6-17(14-18)19-9-4-10-21-20-8-1-2-11-23(20)30-24(19)21/h1-4,6-11,14-16H,5,12-13H2. The highest BCUT2D eigenvalue weighted by Gasteiger charge is 2.24. The van der Waals surface area contributed by atoms with Crippen molar-refractivity contribution in [1.82, 2.24) is 14.5 Å². The predicted molar refractivity (Wildman–Crippen MR) is 122 cm³/mol. The summed E-state index contributed by atoms with van der Waals surface area (Å²) in [6.45, 7) is 1.66. The molecular formula is C25H19N3OS. The molecule has 0 saturated carbocycles. The summed E-state index contributed by atoms with van der Waals surface area (Å²) in [6, 6.07) is 23.4. The van der Waals surface area contributed by atoms with E-state index in [1.54, 1.807) is 12.5 Å². The molecule has 3 heterocycles. The van der Waals surface area contributed by atoms with Gasteiger partial charge in [0.05, 0.1) is 12.5 Å². The predicted octanol–water partition coefficient (Wildman–Crippen LogP) is 5.75. The zero-order valence-electron chi connectivity index (χ0n) is 16.3. The van der Waals surface area contributed by atoms with E-state index in [4.69, 9.17) is 0 Å². The zero-order valence-corrected chi connectivity index (χ0v) is 17.1. The summed E-state index contributed by atoms with van der Waals surface area (Å²) in [5.74, 6) is 0.0516. The summed E-state index contributed by atoms with van der Waals surface area (Å²) < 4.78 is 4.49. The molecule has 4 nitrogen and oxygen atoms in total. The molecule has 0 N–H and O–H groups in total. The van der Waals surface area contributed by atoms with E-state index in [0.29, 0.717) is 5.69 Å². The van der Waals surface area contributed by atoms with Crippen molar-refractivity contribution in [2.45, 2.75) is 6.42 Å². The number of carbonyl (C=O) groups is 1. The van der Waals surface area contributed by atoms with Crippen molar-refractivity contribution in [3.8, 4) is 16.8 Å². The lowest BCUT2D eigenvalue weighted by Gasteiger charge is -2.30. The van der Waals surface area contributed by atoms with E-state index in [-0.39, 0.29) is 5.91 Å². The number of carbonyl (C=O) groups excluding carboxylic acids is 1. The number of imidazole rings is 1. The average molecular weight is 410 g/mol. The van der Waals surface area contributed by atoms with Crippen LogP contribution in [0.4, 0.5) is 0 Å². The van der Waals surface area contributed by atoms with E-state index >= 15 is 0 Å². The van der Waals surface area contributed by atoms with Crippen LogP contribution in [0.15, 0.2) is 79.3 Å². The van der Waals surface area contributed by atoms with E-state index in [9.17, 15) is 4.79 Å². The number of hydrogen-bond acceptors (Lipinski definition) is 3. The number of fused-ring (bicyclic) bond motifs is 3. The summed E-state index contributed by atoms with van der Waals surface area (Å²) in [4.78, 5) is 18.9. The highest BCUT2D eigenvalue weighted by Crippen LogP contribution is 2.40. The number of thiophene rings is 1. The Balaban J connectivity index is 1.47. The molecule has 2 aromatic heterocycles. The van der Waals surface area contributed by atoms with E-state index < -0.39 is 0 Å². The van der Waals surface area contributed by atoms with Crippen LogP contribution in [0.25, 0.3) is 37.0 Å². The summed E-state index contributed by atoms with van der Waals surface area (Å²) in [5.41, 5.74) is 3.92. The van der Waals surface area contributed by atoms with Gasteiger partial charge in [-0.05, 0) is 35.7 Å². The Bertz CT molecular complexity index is 1410. The largest absolute Gasteiger partial charge is 0.337 e. The van der Waals surface area contributed by atoms with Gasteiger partial charge < -0.3 is 4.90 Å². The van der Waals surface area contributed by atoms with E-state index in [2.05, 4.69) is 65.6 Å². The lowest BCUT2D eigenvalue weighted by molar-refractivity contribution is 0.0643. The van der Waals surface area contributed by atoms with Crippen molar-refractivity contribution in [3.05, 3.63) is 84.9 Å². The molecule has 6 rings (SSSR count). The fraction of sp³-hybridized carbons (Fsp3) is 0.120. The smallest absolute Gasteiger partial charge is 0.272 e. The molecule has 3 aromatic carbocycles. The van der Waals surface area contributed by atoms with Crippen molar-refractivity contribution in [3.63, 3.8) is 0 Å². The number of rotatable bonds is 3. The van der Waals surface area contributed by atoms with Gasteiger partial charge in [0.25, 0.3) is 5.91 Å². The Morgan fingerprint density at radius 3 is 2.63 bits per heavy atom. The number of benzene rings is 3. The lowest BCUT2D eigenvalue weighted by Crippen LogP contribution is -2.42. The SMILES string of the molecule is O=C(c1cncn1-c1cccc(-c2cccc3c2sc2ccccc23)c1)N1CCC1. The maximum Gasteiger partial charge on any atom is 0.272 e. The van der Waals surface area contributed by atoms with Gasteiger partial charge in [-0.3, -0.25) is 9.36 Å². The highest BCUT2D eigenvalue weighted by molar-refractivity contribution is 7.26. The second-order valence-corrected chi connectivity index (χ2v) is 8.68. The minimum absolute atomic E-state index is 0.0516. The summed E-state index contributed by atoms with van der Waals surface area (Å²) >= 11 is 1.83. The first-order valence-corrected chi connectivity index (χ1v) is 10.9. The maximum atomic E-state index is 12.8. The maximum absolute atomic E-state index is 12.8. The van der Waals surface area contributed by atoms with Crippen LogP contribution >= 0.6 is 11.3 Å². The molecule has 0 aliphatic carbocycles. The molecular weight excluding hydrogens is 390 g/mol. The van der Waals surface area contributed by atoms with E-state index in [1.807, 2.05) is 26.9 Å². The minimum Gasteiger partial charge on any atom is -0.337 e. The fourth-order valence-corrected chi connectivity index (χ4v) is 5.38. The summed E-state index contributed by atoms with van der Waals surface area (Å²) in [7, 11) is 0. The van der Waals surface area contributed by atoms with Gasteiger partial charge in [-0.25, -0.2) is 4.98 Å². The van der Waals surface area contributed by atoms with Crippen LogP contribution in [-0.4, -0.2) is 33.4 Å². The van der Waals surface area contributed by atoms with Crippen LogP contribution in [0.5, 0.6) is 0 Å². The van der Waals surface area contributed by atoms with Crippen molar-refractivity contribution in [2.24, 2.45) is 0 Å². The van der Waals surface area contributed by atoms with Crippen LogP contribution in [-0.2, 0) is 0 Å². The Morgan fingerprint density at radius 2 is 1.77 bits per heavy atom. The van der Waals surface area contributed by atoms with Crippen LogP contribution < -0.4 is 0 Å². The van der Waals surface area contributed by atoms with Crippen LogP contribution in [0.1, 0.15) is 16.9 Å². The quantitative estimate of drug-likeness (QED) is 0.380. The fourth-order valence-electron chi connectivity index (χ4n) is 4.14. The molecule has 5 aromatic rings. The zero-order chi connectivity index (χ0) is 20.1. The molecule has 30 heavy (non-hydrogen) atoms. The van der Waals surface area contributed by atoms with Crippen molar-refractivity contribution >= 4 is 37.4 Å². The average Bonchev–Trinajstić information content (AvgIpc) is 3.37. The van der Waals surface area contributed by atoms with Gasteiger partial charge in [0, 0.05) is 38.9 Å². The highest BCUT2D eigenvalue weighted by atomic mass is 32.1. The molecule has 0 atom stereocenters. The van der Waals surface area contributed by atoms with Gasteiger partial charge >= 0.3 is 0 Å². The van der Waals surface area contributed by atoms with Gasteiger partial charge in [0.15, 0.2) is 0 Å². The normalized spacial score (nSPS) is 13.7. The molecule has 1 aliphatic heterocycles. The van der Waals surface area contributed by atoms with Crippen LogP contribution in [0.3, 0.4) is 0 Å². The molecule has 0 radical (unpaired) electrons. The summed E-state index contributed by atoms with van der Waals surface area (Å²) in [5, 5.41) is 2.59. The van der Waals surface area contributed by atoms with E-state index in [0.717, 1.165) is 30.8 Å². The number of amides is 1. The second-order valence-electron chi connectivity index (χ2n) is 7.63. The molecule has 5 heteroatoms. The van der Waals surface area contributed by atoms with Gasteiger partial charge in [0.2, 0.25) is 0 Å². The third kappa shape index (κ3) is 2.66. The first-order chi connectivity index (χ1) is 14.8. The number of likely N-dealkylation sites (tertiary alicyclic amines) is 1. The minimum atomic E-state index is 0.0516. The Labute approximate surface area is 178 Å². The van der Waals surface area contributed by atoms with Crippen LogP contribution in [0, 0.1) is 0 Å². The third-order valence-electron chi connectivity index (χ3n) is 5.84. The molecule has 1 saturated heterocycles. The topological polar surface area (TPSA) is 38.1 Å². The number of aromatic nitrogens is 2. The van der Waals surface area contributed by atoms with Crippen LogP contribution in [0.2, 0.25) is 0 Å². The van der Waals surface area contributed by atoms with Gasteiger partial charge in [0.1, 0.15) is 5.69 Å². The Kier molecular flexibility index (Phi) is 3.96. The molecule has 1 amide bonds. The first kappa shape index (κ1) is 17.4. The van der Waals surface area contributed by atoms with Crippen molar-refractivity contribution in [1.29, 1.82) is 0 Å². The Morgan fingerprint density at radius 1 is 0.933 bits per heavy atom. The molecule has 0 unspecified atom stereocenters. The van der Waals surface area contributed by atoms with Gasteiger partial charge in [-0.15, -0.1) is 11.3 Å². The lowest BCUT2D eigenvalue weighted by atomic mass is 10.0. The van der Waals surface area contributed by atoms with Gasteiger partial charge in [-0.2, -0.15) is 0 Å². The number of nitrogens with zero attached hydrogens (tertiary/aromatic N) is 3. The third-order valence-corrected chi connectivity index (χ3v) is 7.06. The number of hydrogen-bond donors (Lipinski definition) is 0. The van der Waals surface area contributed by atoms with Gasteiger partial charge in [-0.1, -0.05) is 48.5 Å². The first-order valence-electron chi connectivity index (χ1n) is 10.1. The van der Waals surface area contributed by atoms with E-state index in [1.165, 1.54) is 25.7 Å². The molecule has 0 spiro atoms. The summed E-state index contributed by atoms with van der Waals surface area (Å²) in [6.07, 6.45) is 4.47. The second kappa shape index (κ2) is 6.82. The van der Waals surface area contributed by atoms with Crippen molar-refractivity contribution < 1.29 is 4.79 Å². The Hall–Kier alpha value is -3.44. The molecule has 146 valence electrons. The monoisotopic (exact) mass is 409 g/mol. The molecule has 1 fully saturated rings. The van der Waals surface area contributed by atoms with Crippen molar-refractivity contribution in [2.75, 3.05) is 13.1 Å². The molecule has 1 aliphatic rings.